The van der Waals surface area contributed by atoms with Gasteiger partial charge >= 0.3 is 0 Å². The predicted octanol–water partition coefficient (Wildman–Crippen LogP) is 3.73. The first-order chi connectivity index (χ1) is 7.63. The molecule has 0 bridgehead atoms. The number of carbonyl (C=O) groups is 1. The first-order valence-electron chi connectivity index (χ1n) is 5.39. The molecule has 2 rings (SSSR count). The zero-order chi connectivity index (χ0) is 11.7. The minimum absolute atomic E-state index is 0.0912. The van der Waals surface area contributed by atoms with E-state index in [0.717, 1.165) is 23.9 Å². The molecule has 1 fully saturated rings. The maximum atomic E-state index is 12.2. The predicted molar refractivity (Wildman–Crippen MR) is 68.9 cm³/mol. The second-order valence-electron chi connectivity index (χ2n) is 3.95. The number of hydrogen-bond donors (Lipinski definition) is 0. The highest BCUT2D eigenvalue weighted by Crippen LogP contribution is 2.30. The van der Waals surface area contributed by atoms with Crippen LogP contribution in [0.5, 0.6) is 0 Å². The molecule has 0 radical (unpaired) electrons. The zero-order valence-electron chi connectivity index (χ0n) is 9.04. The lowest BCUT2D eigenvalue weighted by molar-refractivity contribution is 0.0751. The van der Waals surface area contributed by atoms with E-state index < -0.39 is 0 Å². The molecule has 0 aromatic heterocycles. The number of amides is 1. The molecule has 0 N–H and O–H groups in total. The second-order valence-corrected chi connectivity index (χ2v) is 5.24. The van der Waals surface area contributed by atoms with Gasteiger partial charge in [0, 0.05) is 22.1 Å². The van der Waals surface area contributed by atoms with Gasteiger partial charge in [-0.25, -0.2) is 0 Å². The van der Waals surface area contributed by atoms with Gasteiger partial charge in [0.05, 0.1) is 5.56 Å². The summed E-state index contributed by atoms with van der Waals surface area (Å²) in [6.07, 6.45) is 2.26. The summed E-state index contributed by atoms with van der Waals surface area (Å²) >= 11 is 9.24. The van der Waals surface area contributed by atoms with Crippen molar-refractivity contribution in [2.24, 2.45) is 0 Å². The van der Waals surface area contributed by atoms with Gasteiger partial charge in [0.25, 0.3) is 5.91 Å². The van der Waals surface area contributed by atoms with Crippen LogP contribution in [-0.2, 0) is 0 Å². The van der Waals surface area contributed by atoms with Gasteiger partial charge < -0.3 is 4.90 Å². The third-order valence-corrected chi connectivity index (χ3v) is 3.64. The Balaban J connectivity index is 2.25. The summed E-state index contributed by atoms with van der Waals surface area (Å²) in [7, 11) is 0. The summed E-state index contributed by atoms with van der Waals surface area (Å²) in [5.41, 5.74) is 0.693. The van der Waals surface area contributed by atoms with Crippen molar-refractivity contribution in [3.05, 3.63) is 33.3 Å². The summed E-state index contributed by atoms with van der Waals surface area (Å²) in [5, 5.41) is 0.637. The van der Waals surface area contributed by atoms with E-state index in [1.54, 1.807) is 18.2 Å². The van der Waals surface area contributed by atoms with E-state index in [2.05, 4.69) is 15.9 Å². The van der Waals surface area contributed by atoms with Crippen LogP contribution in [0, 0.1) is 0 Å². The Hall–Kier alpha value is -0.540. The lowest BCUT2D eigenvalue weighted by Gasteiger charge is -2.21. The Kier molecular flexibility index (Phi) is 3.55. The molecule has 0 saturated heterocycles. The summed E-state index contributed by atoms with van der Waals surface area (Å²) in [5.74, 6) is 0.0912. The highest BCUT2D eigenvalue weighted by molar-refractivity contribution is 9.10. The van der Waals surface area contributed by atoms with Crippen LogP contribution in [0.15, 0.2) is 22.7 Å². The van der Waals surface area contributed by atoms with Crippen molar-refractivity contribution >= 4 is 33.4 Å². The fourth-order valence-corrected chi connectivity index (χ4v) is 2.62. The van der Waals surface area contributed by atoms with Crippen molar-refractivity contribution in [3.8, 4) is 0 Å². The summed E-state index contributed by atoms with van der Waals surface area (Å²) in [4.78, 5) is 14.2. The first-order valence-corrected chi connectivity index (χ1v) is 6.56. The molecule has 1 aromatic rings. The van der Waals surface area contributed by atoms with Gasteiger partial charge in [-0.15, -0.1) is 0 Å². The minimum Gasteiger partial charge on any atom is -0.336 e. The molecule has 0 atom stereocenters. The number of nitrogens with zero attached hydrogens (tertiary/aromatic N) is 1. The monoisotopic (exact) mass is 301 g/mol. The van der Waals surface area contributed by atoms with Gasteiger partial charge in [0.15, 0.2) is 0 Å². The smallest absolute Gasteiger partial charge is 0.255 e. The van der Waals surface area contributed by atoms with Crippen LogP contribution < -0.4 is 0 Å². The molecule has 4 heteroatoms. The van der Waals surface area contributed by atoms with Crippen molar-refractivity contribution < 1.29 is 4.79 Å². The van der Waals surface area contributed by atoms with E-state index in [9.17, 15) is 4.79 Å². The number of benzene rings is 1. The van der Waals surface area contributed by atoms with Crippen molar-refractivity contribution in [3.63, 3.8) is 0 Å². The topological polar surface area (TPSA) is 20.3 Å². The summed E-state index contributed by atoms with van der Waals surface area (Å²) in [6.45, 7) is 2.78. The van der Waals surface area contributed by atoms with Gasteiger partial charge in [-0.3, -0.25) is 4.79 Å². The molecule has 0 heterocycles. The van der Waals surface area contributed by atoms with Crippen LogP contribution in [0.2, 0.25) is 5.02 Å². The molecule has 1 saturated carbocycles. The first kappa shape index (κ1) is 11.9. The fourth-order valence-electron chi connectivity index (χ4n) is 1.77. The Morgan fingerprint density at radius 3 is 2.75 bits per heavy atom. The Morgan fingerprint density at radius 1 is 1.56 bits per heavy atom. The third-order valence-electron chi connectivity index (χ3n) is 2.75. The lowest BCUT2D eigenvalue weighted by Crippen LogP contribution is -2.33. The Bertz CT molecular complexity index is 417. The molecule has 1 aromatic carbocycles. The van der Waals surface area contributed by atoms with E-state index in [1.807, 2.05) is 11.8 Å². The Labute approximate surface area is 109 Å². The summed E-state index contributed by atoms with van der Waals surface area (Å²) < 4.78 is 0.768. The van der Waals surface area contributed by atoms with Crippen LogP contribution in [0.1, 0.15) is 30.1 Å². The van der Waals surface area contributed by atoms with E-state index in [-0.39, 0.29) is 5.91 Å². The molecule has 1 aliphatic carbocycles. The third kappa shape index (κ3) is 2.41. The van der Waals surface area contributed by atoms with Crippen LogP contribution in [0.25, 0.3) is 0 Å². The quantitative estimate of drug-likeness (QED) is 0.833. The van der Waals surface area contributed by atoms with E-state index in [1.165, 1.54) is 0 Å². The lowest BCUT2D eigenvalue weighted by atomic mass is 10.2. The molecule has 0 aliphatic heterocycles. The molecule has 1 amide bonds. The van der Waals surface area contributed by atoms with Gasteiger partial charge in [-0.1, -0.05) is 11.6 Å². The normalized spacial score (nSPS) is 14.9. The number of carbonyl (C=O) groups excluding carboxylic acids is 1. The van der Waals surface area contributed by atoms with Crippen molar-refractivity contribution in [2.45, 2.75) is 25.8 Å². The molecule has 2 nitrogen and oxygen atoms in total. The van der Waals surface area contributed by atoms with Crippen LogP contribution >= 0.6 is 27.5 Å². The SMILES string of the molecule is CCN(C(=O)c1ccc(Cl)cc1Br)C1CC1. The van der Waals surface area contributed by atoms with Gasteiger partial charge in [-0.05, 0) is 53.9 Å². The van der Waals surface area contributed by atoms with Crippen molar-refractivity contribution in [1.29, 1.82) is 0 Å². The van der Waals surface area contributed by atoms with Crippen LogP contribution in [-0.4, -0.2) is 23.4 Å². The molecule has 16 heavy (non-hydrogen) atoms. The molecular weight excluding hydrogens is 289 g/mol. The van der Waals surface area contributed by atoms with Crippen LogP contribution in [0.4, 0.5) is 0 Å². The van der Waals surface area contributed by atoms with Gasteiger partial charge in [0.1, 0.15) is 0 Å². The number of halogens is 2. The molecule has 0 unspecified atom stereocenters. The maximum Gasteiger partial charge on any atom is 0.255 e. The molecule has 1 aliphatic rings. The minimum atomic E-state index is 0.0912. The average molecular weight is 303 g/mol. The number of rotatable bonds is 3. The standard InChI is InChI=1S/C12H13BrClNO/c1-2-15(9-4-5-9)12(16)10-6-3-8(14)7-11(10)13/h3,6-7,9H,2,4-5H2,1H3. The molecule has 0 spiro atoms. The highest BCUT2D eigenvalue weighted by atomic mass is 79.9. The largest absolute Gasteiger partial charge is 0.336 e. The number of hydrogen-bond acceptors (Lipinski definition) is 1. The van der Waals surface area contributed by atoms with Gasteiger partial charge in [0.2, 0.25) is 0 Å². The average Bonchev–Trinajstić information content (AvgIpc) is 3.02. The van der Waals surface area contributed by atoms with Crippen LogP contribution in [0.3, 0.4) is 0 Å². The van der Waals surface area contributed by atoms with E-state index >= 15 is 0 Å². The maximum absolute atomic E-state index is 12.2. The summed E-state index contributed by atoms with van der Waals surface area (Å²) in [6, 6.07) is 5.73. The Morgan fingerprint density at radius 2 is 2.25 bits per heavy atom. The highest BCUT2D eigenvalue weighted by Gasteiger charge is 2.32. The van der Waals surface area contributed by atoms with Gasteiger partial charge in [-0.2, -0.15) is 0 Å². The zero-order valence-corrected chi connectivity index (χ0v) is 11.4. The second kappa shape index (κ2) is 4.76. The molecule has 86 valence electrons. The van der Waals surface area contributed by atoms with Crippen molar-refractivity contribution in [2.75, 3.05) is 6.54 Å². The van der Waals surface area contributed by atoms with E-state index in [4.69, 9.17) is 11.6 Å². The molecular formula is C12H13BrClNO. The fraction of sp³-hybridized carbons (Fsp3) is 0.417. The van der Waals surface area contributed by atoms with E-state index in [0.29, 0.717) is 16.6 Å². The van der Waals surface area contributed by atoms with Crippen molar-refractivity contribution in [1.82, 2.24) is 4.90 Å².